The first-order valence-electron chi connectivity index (χ1n) is 9.95. The van der Waals surface area contributed by atoms with E-state index in [-0.39, 0.29) is 5.82 Å². The van der Waals surface area contributed by atoms with Crippen molar-refractivity contribution in [2.45, 2.75) is 20.8 Å². The first kappa shape index (κ1) is 21.9. The van der Waals surface area contributed by atoms with E-state index in [1.807, 2.05) is 26.2 Å². The average Bonchev–Trinajstić information content (AvgIpc) is 2.76. The summed E-state index contributed by atoms with van der Waals surface area (Å²) in [5, 5.41) is 6.68. The van der Waals surface area contributed by atoms with Crippen molar-refractivity contribution in [3.8, 4) is 22.4 Å². The zero-order valence-corrected chi connectivity index (χ0v) is 19.0. The lowest BCUT2D eigenvalue weighted by Crippen LogP contribution is -2.04. The second kappa shape index (κ2) is 9.81. The van der Waals surface area contributed by atoms with E-state index in [0.717, 1.165) is 45.9 Å². The van der Waals surface area contributed by atoms with Crippen molar-refractivity contribution in [1.29, 1.82) is 0 Å². The monoisotopic (exact) mass is 421 g/mol. The Morgan fingerprint density at radius 2 is 1.80 bits per heavy atom. The van der Waals surface area contributed by atoms with E-state index in [9.17, 15) is 4.39 Å². The van der Waals surface area contributed by atoms with Gasteiger partial charge in [0.05, 0.1) is 17.6 Å². The molecule has 3 nitrogen and oxygen atoms in total. The van der Waals surface area contributed by atoms with Gasteiger partial charge in [-0.05, 0) is 85.0 Å². The minimum absolute atomic E-state index is 0.205. The van der Waals surface area contributed by atoms with E-state index in [1.54, 1.807) is 24.8 Å². The molecule has 156 valence electrons. The highest BCUT2D eigenvalue weighted by Gasteiger charge is 2.13. The summed E-state index contributed by atoms with van der Waals surface area (Å²) in [5.74, 6) is -0.205. The van der Waals surface area contributed by atoms with Crippen molar-refractivity contribution in [1.82, 2.24) is 4.98 Å². The summed E-state index contributed by atoms with van der Waals surface area (Å²) in [6.45, 7) is 6.67. The van der Waals surface area contributed by atoms with Crippen LogP contribution in [0.3, 0.4) is 0 Å². The highest BCUT2D eigenvalue weighted by Crippen LogP contribution is 2.35. The van der Waals surface area contributed by atoms with Crippen LogP contribution in [-0.2, 0) is 0 Å². The van der Waals surface area contributed by atoms with Crippen LogP contribution in [0.1, 0.15) is 18.1 Å². The zero-order chi connectivity index (χ0) is 21.7. The normalized spacial score (nSPS) is 11.5. The summed E-state index contributed by atoms with van der Waals surface area (Å²) in [4.78, 5) is 6.04. The van der Waals surface area contributed by atoms with Gasteiger partial charge in [0.2, 0.25) is 0 Å². The van der Waals surface area contributed by atoms with E-state index >= 15 is 0 Å². The Labute approximate surface area is 182 Å². The molecule has 30 heavy (non-hydrogen) atoms. The van der Waals surface area contributed by atoms with Gasteiger partial charge in [-0.3, -0.25) is 4.98 Å². The number of hydrogen-bond acceptors (Lipinski definition) is 4. The van der Waals surface area contributed by atoms with Gasteiger partial charge in [0.15, 0.2) is 0 Å². The number of rotatable bonds is 7. The lowest BCUT2D eigenvalue weighted by atomic mass is 9.96. The maximum atomic E-state index is 13.8. The second-order valence-electron chi connectivity index (χ2n) is 7.18. The molecule has 3 aromatic rings. The first-order valence-corrected chi connectivity index (χ1v) is 11.2. The van der Waals surface area contributed by atoms with Crippen molar-refractivity contribution in [2.24, 2.45) is 0 Å². The molecule has 0 aliphatic carbocycles. The molecule has 0 atom stereocenters. The molecule has 2 aromatic carbocycles. The Balaban J connectivity index is 2.09. The molecule has 3 rings (SSSR count). The van der Waals surface area contributed by atoms with Crippen LogP contribution in [0.4, 0.5) is 15.8 Å². The fourth-order valence-electron chi connectivity index (χ4n) is 3.40. The largest absolute Gasteiger partial charge is 0.388 e. The van der Waals surface area contributed by atoms with Crippen LogP contribution in [0.2, 0.25) is 0 Å². The van der Waals surface area contributed by atoms with Gasteiger partial charge in [-0.15, -0.1) is 11.8 Å². The molecule has 0 amide bonds. The van der Waals surface area contributed by atoms with E-state index < -0.39 is 0 Å². The number of nitrogens with one attached hydrogen (secondary N) is 2. The van der Waals surface area contributed by atoms with E-state index in [4.69, 9.17) is 4.98 Å². The molecular weight excluding hydrogens is 393 g/mol. The lowest BCUT2D eigenvalue weighted by Gasteiger charge is -2.15. The predicted octanol–water partition coefficient (Wildman–Crippen LogP) is 6.89. The van der Waals surface area contributed by atoms with Crippen LogP contribution >= 0.6 is 11.8 Å². The molecule has 0 unspecified atom stereocenters. The van der Waals surface area contributed by atoms with Gasteiger partial charge in [0.25, 0.3) is 0 Å². The van der Waals surface area contributed by atoms with Crippen LogP contribution < -0.4 is 10.6 Å². The fourth-order valence-corrected chi connectivity index (χ4v) is 3.85. The topological polar surface area (TPSA) is 37.0 Å². The van der Waals surface area contributed by atoms with E-state index in [0.29, 0.717) is 5.56 Å². The van der Waals surface area contributed by atoms with Gasteiger partial charge in [0.1, 0.15) is 5.82 Å². The van der Waals surface area contributed by atoms with Crippen molar-refractivity contribution in [3.05, 3.63) is 76.6 Å². The molecule has 1 aromatic heterocycles. The molecule has 0 radical (unpaired) electrons. The summed E-state index contributed by atoms with van der Waals surface area (Å²) in [7, 11) is 1.92. The van der Waals surface area contributed by atoms with Crippen molar-refractivity contribution >= 4 is 23.1 Å². The molecule has 5 heteroatoms. The number of aromatic nitrogens is 1. The SMILES string of the molecule is C/C=C(/CNc1cnc(-c2ccc(F)c(C)c2)c(-c2ccc(NC)c(C)c2)c1)SC. The number of halogens is 1. The number of anilines is 2. The van der Waals surface area contributed by atoms with Crippen LogP contribution in [0.25, 0.3) is 22.4 Å². The average molecular weight is 422 g/mol. The standard InChI is InChI=1S/C25H28FN3S/c1-6-21(30-5)15-28-20-13-22(18-8-10-24(27-4)17(3)12-18)25(29-14-20)19-7-9-23(26)16(2)11-19/h6-14,27-28H,15H2,1-5H3/b21-6-. The van der Waals surface area contributed by atoms with Crippen molar-refractivity contribution in [2.75, 3.05) is 30.5 Å². The smallest absolute Gasteiger partial charge is 0.126 e. The van der Waals surface area contributed by atoms with Gasteiger partial charge < -0.3 is 10.6 Å². The van der Waals surface area contributed by atoms with Crippen LogP contribution in [-0.4, -0.2) is 24.8 Å². The number of benzene rings is 2. The maximum absolute atomic E-state index is 13.8. The summed E-state index contributed by atoms with van der Waals surface area (Å²) >= 11 is 1.73. The summed E-state index contributed by atoms with van der Waals surface area (Å²) in [6, 6.07) is 13.6. The number of hydrogen-bond donors (Lipinski definition) is 2. The lowest BCUT2D eigenvalue weighted by molar-refractivity contribution is 0.619. The Kier molecular flexibility index (Phi) is 7.16. The maximum Gasteiger partial charge on any atom is 0.126 e. The highest BCUT2D eigenvalue weighted by atomic mass is 32.2. The summed E-state index contributed by atoms with van der Waals surface area (Å²) in [5.41, 5.74) is 7.67. The molecular formula is C25H28FN3S. The Morgan fingerprint density at radius 3 is 2.43 bits per heavy atom. The van der Waals surface area contributed by atoms with Crippen LogP contribution in [0.15, 0.2) is 59.6 Å². The minimum Gasteiger partial charge on any atom is -0.388 e. The van der Waals surface area contributed by atoms with Gasteiger partial charge in [-0.2, -0.15) is 0 Å². The molecule has 0 saturated heterocycles. The number of pyridine rings is 1. The number of aryl methyl sites for hydroxylation is 2. The first-order chi connectivity index (χ1) is 14.5. The molecule has 0 bridgehead atoms. The van der Waals surface area contributed by atoms with Gasteiger partial charge in [-0.1, -0.05) is 12.1 Å². The van der Waals surface area contributed by atoms with Crippen molar-refractivity contribution in [3.63, 3.8) is 0 Å². The van der Waals surface area contributed by atoms with Crippen LogP contribution in [0.5, 0.6) is 0 Å². The molecule has 1 heterocycles. The Morgan fingerprint density at radius 1 is 1.07 bits per heavy atom. The summed E-state index contributed by atoms with van der Waals surface area (Å²) in [6.07, 6.45) is 6.04. The summed E-state index contributed by atoms with van der Waals surface area (Å²) < 4.78 is 13.8. The van der Waals surface area contributed by atoms with Crippen LogP contribution in [0, 0.1) is 19.7 Å². The molecule has 2 N–H and O–H groups in total. The number of thioether (sulfide) groups is 1. The Hall–Kier alpha value is -2.79. The van der Waals surface area contributed by atoms with E-state index in [1.165, 1.54) is 11.0 Å². The molecule has 0 aliphatic rings. The van der Waals surface area contributed by atoms with Gasteiger partial charge in [0, 0.05) is 30.4 Å². The molecule has 0 aliphatic heterocycles. The van der Waals surface area contributed by atoms with Gasteiger partial charge in [-0.25, -0.2) is 4.39 Å². The Bertz CT molecular complexity index is 1080. The molecule has 0 saturated carbocycles. The third kappa shape index (κ3) is 4.85. The van der Waals surface area contributed by atoms with E-state index in [2.05, 4.69) is 54.2 Å². The number of allylic oxidation sites excluding steroid dienone is 1. The predicted molar refractivity (Wildman–Crippen MR) is 130 cm³/mol. The molecule has 0 fully saturated rings. The third-order valence-corrected chi connectivity index (χ3v) is 6.08. The van der Waals surface area contributed by atoms with Crippen molar-refractivity contribution < 1.29 is 4.39 Å². The molecule has 0 spiro atoms. The van der Waals surface area contributed by atoms with Gasteiger partial charge >= 0.3 is 0 Å². The second-order valence-corrected chi connectivity index (χ2v) is 8.11. The highest BCUT2D eigenvalue weighted by molar-refractivity contribution is 8.02. The number of nitrogens with zero attached hydrogens (tertiary/aromatic N) is 1. The third-order valence-electron chi connectivity index (χ3n) is 5.18. The fraction of sp³-hybridized carbons (Fsp3) is 0.240. The minimum atomic E-state index is -0.205. The quantitative estimate of drug-likeness (QED) is 0.435. The zero-order valence-electron chi connectivity index (χ0n) is 18.1.